The number of amides is 1. The number of halogens is 1. The molecule has 2 aromatic carbocycles. The van der Waals surface area contributed by atoms with Gasteiger partial charge in [0.25, 0.3) is 10.0 Å². The molecule has 1 amide bonds. The molecule has 0 saturated heterocycles. The molecule has 0 unspecified atom stereocenters. The Morgan fingerprint density at radius 2 is 1.93 bits per heavy atom. The number of sulfonamides is 1. The summed E-state index contributed by atoms with van der Waals surface area (Å²) in [6.45, 7) is 1.99. The second kappa shape index (κ2) is 8.10. The van der Waals surface area contributed by atoms with Crippen molar-refractivity contribution in [2.75, 3.05) is 18.4 Å². The highest BCUT2D eigenvalue weighted by molar-refractivity contribution is 8.14. The van der Waals surface area contributed by atoms with Gasteiger partial charge in [-0.25, -0.2) is 17.1 Å². The van der Waals surface area contributed by atoms with Crippen molar-refractivity contribution >= 4 is 38.5 Å². The maximum atomic E-state index is 13.8. The second-order valence-corrected chi connectivity index (χ2v) is 8.63. The molecule has 0 aromatic heterocycles. The average molecular weight is 407 g/mol. The minimum Gasteiger partial charge on any atom is -0.326 e. The number of carbonyl (C=O) groups is 1. The van der Waals surface area contributed by atoms with Gasteiger partial charge in [-0.3, -0.25) is 9.79 Å². The van der Waals surface area contributed by atoms with E-state index in [1.54, 1.807) is 18.2 Å². The molecule has 9 heteroatoms. The van der Waals surface area contributed by atoms with Crippen LogP contribution in [0.5, 0.6) is 0 Å². The number of benzene rings is 2. The summed E-state index contributed by atoms with van der Waals surface area (Å²) in [6.07, 6.45) is 0. The summed E-state index contributed by atoms with van der Waals surface area (Å²) in [6, 6.07) is 12.3. The maximum Gasteiger partial charge on any atom is 0.265 e. The highest BCUT2D eigenvalue weighted by Gasteiger charge is 2.31. The summed E-state index contributed by atoms with van der Waals surface area (Å²) in [4.78, 5) is 15.4. The predicted octanol–water partition coefficient (Wildman–Crippen LogP) is 3.08. The van der Waals surface area contributed by atoms with Crippen LogP contribution in [0.1, 0.15) is 12.5 Å². The van der Waals surface area contributed by atoms with Gasteiger partial charge in [0, 0.05) is 18.4 Å². The van der Waals surface area contributed by atoms with Crippen molar-refractivity contribution in [2.24, 2.45) is 4.99 Å². The first-order chi connectivity index (χ1) is 12.9. The Labute approximate surface area is 161 Å². The Morgan fingerprint density at radius 1 is 1.22 bits per heavy atom. The lowest BCUT2D eigenvalue weighted by atomic mass is 10.2. The third kappa shape index (κ3) is 4.48. The van der Waals surface area contributed by atoms with Crippen LogP contribution in [0.3, 0.4) is 0 Å². The lowest BCUT2D eigenvalue weighted by Gasteiger charge is -2.20. The van der Waals surface area contributed by atoms with Gasteiger partial charge in [-0.15, -0.1) is 0 Å². The van der Waals surface area contributed by atoms with Gasteiger partial charge in [-0.2, -0.15) is 0 Å². The number of rotatable bonds is 5. The number of hydrogen-bond acceptors (Lipinski definition) is 5. The van der Waals surface area contributed by atoms with Crippen molar-refractivity contribution in [2.45, 2.75) is 17.6 Å². The van der Waals surface area contributed by atoms with E-state index < -0.39 is 10.0 Å². The number of nitrogens with zero attached hydrogens (tertiary/aromatic N) is 2. The Kier molecular flexibility index (Phi) is 5.81. The summed E-state index contributed by atoms with van der Waals surface area (Å²) in [5, 5.41) is 2.95. The molecule has 1 heterocycles. The summed E-state index contributed by atoms with van der Waals surface area (Å²) in [5.41, 5.74) is 1.01. The molecule has 0 spiro atoms. The molecule has 0 fully saturated rings. The van der Waals surface area contributed by atoms with Crippen molar-refractivity contribution in [1.82, 2.24) is 4.31 Å². The van der Waals surface area contributed by atoms with Gasteiger partial charge in [0.15, 0.2) is 5.17 Å². The van der Waals surface area contributed by atoms with Crippen LogP contribution in [-0.4, -0.2) is 36.9 Å². The van der Waals surface area contributed by atoms with Gasteiger partial charge in [0.05, 0.1) is 18.0 Å². The minimum absolute atomic E-state index is 0.109. The molecule has 6 nitrogen and oxygen atoms in total. The van der Waals surface area contributed by atoms with E-state index in [-0.39, 0.29) is 23.2 Å². The fourth-order valence-corrected chi connectivity index (χ4v) is 5.26. The first kappa shape index (κ1) is 19.4. The predicted molar refractivity (Wildman–Crippen MR) is 105 cm³/mol. The zero-order valence-corrected chi connectivity index (χ0v) is 16.2. The van der Waals surface area contributed by atoms with Gasteiger partial charge in [-0.05, 0) is 35.9 Å². The van der Waals surface area contributed by atoms with Crippen molar-refractivity contribution in [1.29, 1.82) is 0 Å². The Balaban J connectivity index is 1.74. The van der Waals surface area contributed by atoms with Crippen LogP contribution >= 0.6 is 11.8 Å². The topological polar surface area (TPSA) is 78.8 Å². The molecular weight excluding hydrogens is 389 g/mol. The number of thioether (sulfide) groups is 1. The van der Waals surface area contributed by atoms with E-state index in [0.717, 1.165) is 0 Å². The fourth-order valence-electron chi connectivity index (χ4n) is 2.55. The van der Waals surface area contributed by atoms with Gasteiger partial charge in [-0.1, -0.05) is 30.0 Å². The normalized spacial score (nSPS) is 14.1. The van der Waals surface area contributed by atoms with Crippen molar-refractivity contribution in [3.05, 3.63) is 59.9 Å². The largest absolute Gasteiger partial charge is 0.326 e. The van der Waals surface area contributed by atoms with E-state index in [4.69, 9.17) is 0 Å². The van der Waals surface area contributed by atoms with Crippen LogP contribution in [0.15, 0.2) is 58.4 Å². The Morgan fingerprint density at radius 3 is 2.59 bits per heavy atom. The summed E-state index contributed by atoms with van der Waals surface area (Å²) < 4.78 is 40.9. The first-order valence-corrected chi connectivity index (χ1v) is 10.6. The number of nitrogens with one attached hydrogen (secondary N) is 1. The molecule has 3 rings (SSSR count). The molecule has 142 valence electrons. The fraction of sp³-hybridized carbons (Fsp3) is 0.222. The SMILES string of the molecule is CC(=O)Nc1ccc(S(=O)(=O)N2CCN=C2SCc2ccccc2F)cc1. The summed E-state index contributed by atoms with van der Waals surface area (Å²) in [5.74, 6) is -0.269. The molecule has 0 radical (unpaired) electrons. The van der Waals surface area contributed by atoms with E-state index in [2.05, 4.69) is 10.3 Å². The molecule has 27 heavy (non-hydrogen) atoms. The van der Waals surface area contributed by atoms with Crippen molar-refractivity contribution < 1.29 is 17.6 Å². The standard InChI is InChI=1S/C18H18FN3O3S2/c1-13(23)21-15-6-8-16(9-7-15)27(24,25)22-11-10-20-18(22)26-12-14-4-2-3-5-17(14)19/h2-9H,10-12H2,1H3,(H,21,23). The van der Waals surface area contributed by atoms with E-state index in [1.807, 2.05) is 0 Å². The highest BCUT2D eigenvalue weighted by Crippen LogP contribution is 2.27. The molecule has 0 bridgehead atoms. The third-order valence-electron chi connectivity index (χ3n) is 3.84. The van der Waals surface area contributed by atoms with Gasteiger partial charge in [0.2, 0.25) is 5.91 Å². The number of amidine groups is 1. The highest BCUT2D eigenvalue weighted by atomic mass is 32.2. The molecular formula is C18H18FN3O3S2. The van der Waals surface area contributed by atoms with Crippen LogP contribution in [0, 0.1) is 5.82 Å². The van der Waals surface area contributed by atoms with E-state index in [1.165, 1.54) is 53.3 Å². The van der Waals surface area contributed by atoms with Crippen LogP contribution in [0.2, 0.25) is 0 Å². The molecule has 1 aliphatic rings. The minimum atomic E-state index is -3.77. The zero-order chi connectivity index (χ0) is 19.4. The summed E-state index contributed by atoms with van der Waals surface area (Å²) in [7, 11) is -3.77. The molecule has 0 saturated carbocycles. The second-order valence-electron chi connectivity index (χ2n) is 5.83. The van der Waals surface area contributed by atoms with Gasteiger partial charge in [0.1, 0.15) is 5.82 Å². The molecule has 0 aliphatic carbocycles. The van der Waals surface area contributed by atoms with Crippen LogP contribution < -0.4 is 5.32 Å². The first-order valence-electron chi connectivity index (χ1n) is 8.19. The van der Waals surface area contributed by atoms with Crippen LogP contribution in [0.4, 0.5) is 10.1 Å². The van der Waals surface area contributed by atoms with E-state index in [9.17, 15) is 17.6 Å². The smallest absolute Gasteiger partial charge is 0.265 e. The zero-order valence-electron chi connectivity index (χ0n) is 14.6. The maximum absolute atomic E-state index is 13.8. The summed E-state index contributed by atoms with van der Waals surface area (Å²) >= 11 is 1.19. The number of carbonyl (C=O) groups excluding carboxylic acids is 1. The Bertz CT molecular complexity index is 976. The molecule has 1 aliphatic heterocycles. The van der Waals surface area contributed by atoms with E-state index in [0.29, 0.717) is 28.7 Å². The lowest BCUT2D eigenvalue weighted by molar-refractivity contribution is -0.114. The lowest BCUT2D eigenvalue weighted by Crippen LogP contribution is -2.33. The van der Waals surface area contributed by atoms with Crippen molar-refractivity contribution in [3.8, 4) is 0 Å². The molecule has 1 N–H and O–H groups in total. The number of hydrogen-bond donors (Lipinski definition) is 1. The number of anilines is 1. The van der Waals surface area contributed by atoms with Crippen LogP contribution in [-0.2, 0) is 20.6 Å². The number of aliphatic imine (C=N–C) groups is 1. The quantitative estimate of drug-likeness (QED) is 0.826. The third-order valence-corrected chi connectivity index (χ3v) is 6.82. The van der Waals surface area contributed by atoms with Crippen LogP contribution in [0.25, 0.3) is 0 Å². The van der Waals surface area contributed by atoms with Crippen molar-refractivity contribution in [3.63, 3.8) is 0 Å². The average Bonchev–Trinajstić information content (AvgIpc) is 3.10. The Hall–Kier alpha value is -2.39. The van der Waals surface area contributed by atoms with E-state index >= 15 is 0 Å². The van der Waals surface area contributed by atoms with Gasteiger partial charge >= 0.3 is 0 Å². The monoisotopic (exact) mass is 407 g/mol. The molecule has 2 aromatic rings. The molecule has 0 atom stereocenters. The van der Waals surface area contributed by atoms with Gasteiger partial charge < -0.3 is 5.32 Å².